The molecule has 4 heterocycles. The first-order valence-electron chi connectivity index (χ1n) is 12.7. The van der Waals surface area contributed by atoms with E-state index in [1.54, 1.807) is 12.4 Å². The average Bonchev–Trinajstić information content (AvgIpc) is 3.52. The molecular formula is C26H29BrN8O2. The van der Waals surface area contributed by atoms with E-state index in [1.807, 2.05) is 39.9 Å². The molecule has 3 aromatic heterocycles. The number of anilines is 1. The highest BCUT2D eigenvalue weighted by atomic mass is 79.9. The molecule has 3 atom stereocenters. The largest absolute Gasteiger partial charge is 0.396 e. The van der Waals surface area contributed by atoms with Crippen molar-refractivity contribution in [3.8, 4) is 5.69 Å². The number of aliphatic hydroxyl groups is 1. The smallest absolute Gasteiger partial charge is 0.225 e. The molecule has 1 aliphatic carbocycles. The van der Waals surface area contributed by atoms with E-state index in [-0.39, 0.29) is 30.5 Å². The summed E-state index contributed by atoms with van der Waals surface area (Å²) >= 11 is 3.55. The topological polar surface area (TPSA) is 121 Å². The maximum absolute atomic E-state index is 13.2. The van der Waals surface area contributed by atoms with Gasteiger partial charge in [0.15, 0.2) is 5.65 Å². The Morgan fingerprint density at radius 2 is 2.16 bits per heavy atom. The van der Waals surface area contributed by atoms with Crippen molar-refractivity contribution in [2.24, 2.45) is 5.92 Å². The summed E-state index contributed by atoms with van der Waals surface area (Å²) < 4.78 is 2.50. The Kier molecular flexibility index (Phi) is 6.74. The fourth-order valence-electron chi connectivity index (χ4n) is 5.47. The number of halogens is 1. The number of aliphatic hydroxyl groups excluding tert-OH is 1. The van der Waals surface area contributed by atoms with Crippen LogP contribution in [0.2, 0.25) is 0 Å². The van der Waals surface area contributed by atoms with Crippen molar-refractivity contribution in [3.05, 3.63) is 47.3 Å². The summed E-state index contributed by atoms with van der Waals surface area (Å²) in [4.78, 5) is 28.9. The van der Waals surface area contributed by atoms with E-state index in [0.717, 1.165) is 54.3 Å². The number of fused-ring (bicyclic) bond motifs is 2. The summed E-state index contributed by atoms with van der Waals surface area (Å²) in [7, 11) is 0. The lowest BCUT2D eigenvalue weighted by molar-refractivity contribution is -0.136. The Bertz CT molecular complexity index is 1440. The zero-order chi connectivity index (χ0) is 25.4. The molecule has 37 heavy (non-hydrogen) atoms. The molecule has 0 radical (unpaired) electrons. The van der Waals surface area contributed by atoms with E-state index in [9.17, 15) is 9.90 Å². The van der Waals surface area contributed by atoms with Crippen LogP contribution in [-0.4, -0.2) is 79.0 Å². The zero-order valence-corrected chi connectivity index (χ0v) is 21.9. The third kappa shape index (κ3) is 4.90. The van der Waals surface area contributed by atoms with Crippen LogP contribution in [0.3, 0.4) is 0 Å². The van der Waals surface area contributed by atoms with Gasteiger partial charge in [-0.2, -0.15) is 10.1 Å². The number of pyridine rings is 1. The summed E-state index contributed by atoms with van der Waals surface area (Å²) in [5.74, 6) is 0.754. The van der Waals surface area contributed by atoms with Gasteiger partial charge >= 0.3 is 0 Å². The minimum absolute atomic E-state index is 0.00000993. The van der Waals surface area contributed by atoms with Gasteiger partial charge in [-0.1, -0.05) is 6.07 Å². The molecule has 11 heteroatoms. The molecule has 10 nitrogen and oxygen atoms in total. The van der Waals surface area contributed by atoms with Crippen molar-refractivity contribution in [3.63, 3.8) is 0 Å². The summed E-state index contributed by atoms with van der Waals surface area (Å²) in [6.07, 6.45) is 6.73. The van der Waals surface area contributed by atoms with Gasteiger partial charge in [0.1, 0.15) is 4.60 Å². The van der Waals surface area contributed by atoms with Gasteiger partial charge in [0.05, 0.1) is 16.6 Å². The van der Waals surface area contributed by atoms with Gasteiger partial charge in [0.2, 0.25) is 11.9 Å². The van der Waals surface area contributed by atoms with Gasteiger partial charge in [-0.15, -0.1) is 0 Å². The van der Waals surface area contributed by atoms with Gasteiger partial charge in [-0.25, -0.2) is 9.67 Å². The maximum Gasteiger partial charge on any atom is 0.225 e. The molecule has 1 saturated heterocycles. The molecular weight excluding hydrogens is 536 g/mol. The van der Waals surface area contributed by atoms with Crippen LogP contribution >= 0.6 is 15.9 Å². The first kappa shape index (κ1) is 24.2. The van der Waals surface area contributed by atoms with Crippen LogP contribution in [0.25, 0.3) is 27.6 Å². The van der Waals surface area contributed by atoms with Crippen LogP contribution in [0.4, 0.5) is 5.95 Å². The first-order valence-corrected chi connectivity index (χ1v) is 13.5. The standard InChI is InChI=1S/C26H29BrN8O2/c27-23-21-14-30-26(32-24(21)35(33-23)20-5-6-22-16(13-20)2-1-8-29-22)31-18-4-3-17(12-18)25(37)34-10-9-28-19(15-34)7-11-36/h1-2,5-6,8,13-14,17-19,28,36H,3-4,7,9-12,15H2,(H,30,31,32)/t17-,18-,19+/m1/s1. The number of piperazine rings is 1. The minimum atomic E-state index is -0.00000993. The number of amides is 1. The normalized spacial score (nSPS) is 22.1. The molecule has 0 unspecified atom stereocenters. The third-order valence-electron chi connectivity index (χ3n) is 7.37. The summed E-state index contributed by atoms with van der Waals surface area (Å²) in [6.45, 7) is 2.29. The number of aromatic nitrogens is 5. The number of hydrogen-bond donors (Lipinski definition) is 3. The third-order valence-corrected chi connectivity index (χ3v) is 7.96. The van der Waals surface area contributed by atoms with Crippen molar-refractivity contribution in [1.82, 2.24) is 34.9 Å². The van der Waals surface area contributed by atoms with E-state index in [0.29, 0.717) is 29.2 Å². The monoisotopic (exact) mass is 564 g/mol. The van der Waals surface area contributed by atoms with Crippen molar-refractivity contribution in [2.45, 2.75) is 37.8 Å². The summed E-state index contributed by atoms with van der Waals surface area (Å²) in [5, 5.41) is 22.6. The van der Waals surface area contributed by atoms with Gasteiger partial charge in [-0.05, 0) is 65.9 Å². The number of nitrogens with zero attached hydrogens (tertiary/aromatic N) is 6. The van der Waals surface area contributed by atoms with Crippen LogP contribution in [0, 0.1) is 5.92 Å². The second-order valence-corrected chi connectivity index (χ2v) is 10.6. The second-order valence-electron chi connectivity index (χ2n) is 9.81. The van der Waals surface area contributed by atoms with Crippen molar-refractivity contribution in [2.75, 3.05) is 31.6 Å². The van der Waals surface area contributed by atoms with Gasteiger partial charge in [0.25, 0.3) is 0 Å². The fraction of sp³-hybridized carbons (Fsp3) is 0.423. The van der Waals surface area contributed by atoms with E-state index in [1.165, 1.54) is 0 Å². The fourth-order valence-corrected chi connectivity index (χ4v) is 5.90. The lowest BCUT2D eigenvalue weighted by Gasteiger charge is -2.35. The highest BCUT2D eigenvalue weighted by Crippen LogP contribution is 2.31. The highest BCUT2D eigenvalue weighted by molar-refractivity contribution is 9.10. The number of rotatable bonds is 6. The van der Waals surface area contributed by atoms with Crippen molar-refractivity contribution < 1.29 is 9.90 Å². The molecule has 2 fully saturated rings. The molecule has 3 N–H and O–H groups in total. The zero-order valence-electron chi connectivity index (χ0n) is 20.3. The van der Waals surface area contributed by atoms with E-state index in [2.05, 4.69) is 41.6 Å². The SMILES string of the molecule is O=C([C@@H]1CC[C@@H](Nc2ncc3c(Br)nn(-c4ccc5ncccc5c4)c3n2)C1)N1CCN[C@@H](CCO)C1. The van der Waals surface area contributed by atoms with E-state index >= 15 is 0 Å². The van der Waals surface area contributed by atoms with E-state index in [4.69, 9.17) is 4.98 Å². The molecule has 0 bridgehead atoms. The molecule has 0 spiro atoms. The molecule has 1 aromatic carbocycles. The maximum atomic E-state index is 13.2. The Morgan fingerprint density at radius 3 is 3.05 bits per heavy atom. The quantitative estimate of drug-likeness (QED) is 0.327. The summed E-state index contributed by atoms with van der Waals surface area (Å²) in [5.41, 5.74) is 2.52. The summed E-state index contributed by atoms with van der Waals surface area (Å²) in [6, 6.07) is 10.3. The molecule has 192 valence electrons. The van der Waals surface area contributed by atoms with Crippen molar-refractivity contribution >= 4 is 49.7 Å². The molecule has 1 amide bonds. The van der Waals surface area contributed by atoms with Crippen molar-refractivity contribution in [1.29, 1.82) is 0 Å². The Balaban J connectivity index is 1.18. The Labute approximate surface area is 222 Å². The minimum Gasteiger partial charge on any atom is -0.396 e. The molecule has 4 aromatic rings. The van der Waals surface area contributed by atoms with Crippen LogP contribution in [0.1, 0.15) is 25.7 Å². The van der Waals surface area contributed by atoms with Gasteiger partial charge in [0, 0.05) is 62.0 Å². The number of carbonyl (C=O) groups is 1. The van der Waals surface area contributed by atoms with Crippen LogP contribution < -0.4 is 10.6 Å². The van der Waals surface area contributed by atoms with Gasteiger partial charge < -0.3 is 20.6 Å². The Morgan fingerprint density at radius 1 is 1.24 bits per heavy atom. The number of carbonyl (C=O) groups excluding carboxylic acids is 1. The number of hydrogen-bond acceptors (Lipinski definition) is 8. The predicted molar refractivity (Wildman–Crippen MR) is 144 cm³/mol. The van der Waals surface area contributed by atoms with Crippen LogP contribution in [0.5, 0.6) is 0 Å². The van der Waals surface area contributed by atoms with Crippen LogP contribution in [0.15, 0.2) is 47.3 Å². The van der Waals surface area contributed by atoms with Gasteiger partial charge in [-0.3, -0.25) is 9.78 Å². The lowest BCUT2D eigenvalue weighted by Crippen LogP contribution is -2.54. The molecule has 1 saturated carbocycles. The average molecular weight is 565 g/mol. The molecule has 1 aliphatic heterocycles. The Hall–Kier alpha value is -3.15. The first-order chi connectivity index (χ1) is 18.1. The number of nitrogens with one attached hydrogen (secondary N) is 2. The van der Waals surface area contributed by atoms with E-state index < -0.39 is 0 Å². The number of benzene rings is 1. The predicted octanol–water partition coefficient (Wildman–Crippen LogP) is 2.89. The molecule has 2 aliphatic rings. The molecule has 6 rings (SSSR count). The van der Waals surface area contributed by atoms with Crippen LogP contribution in [-0.2, 0) is 4.79 Å². The second kappa shape index (κ2) is 10.3. The lowest BCUT2D eigenvalue weighted by atomic mass is 10.0. The highest BCUT2D eigenvalue weighted by Gasteiger charge is 2.34.